The van der Waals surface area contributed by atoms with Gasteiger partial charge in [0, 0.05) is 12.1 Å². The third-order valence-corrected chi connectivity index (χ3v) is 4.90. The molecule has 2 aliphatic rings. The second kappa shape index (κ2) is 5.29. The van der Waals surface area contributed by atoms with Gasteiger partial charge in [-0.2, -0.15) is 0 Å². The van der Waals surface area contributed by atoms with Crippen LogP contribution in [0, 0.1) is 11.8 Å². The molecule has 19 heavy (non-hydrogen) atoms. The molecule has 2 bridgehead atoms. The zero-order valence-electron chi connectivity index (χ0n) is 10.8. The second-order valence-electron chi connectivity index (χ2n) is 5.79. The van der Waals surface area contributed by atoms with Gasteiger partial charge in [0.25, 0.3) is 5.91 Å². The maximum atomic E-state index is 12.2. The summed E-state index contributed by atoms with van der Waals surface area (Å²) in [5, 5.41) is 3.16. The molecule has 2 atom stereocenters. The molecule has 2 aliphatic carbocycles. The highest BCUT2D eigenvalue weighted by molar-refractivity contribution is 9.10. The van der Waals surface area contributed by atoms with E-state index in [-0.39, 0.29) is 11.9 Å². The molecular weight excluding hydrogens is 308 g/mol. The first-order valence-corrected chi connectivity index (χ1v) is 7.74. The molecule has 3 rings (SSSR count). The molecular formula is C14H19BrN2O2. The number of nitrogens with one attached hydrogen (secondary N) is 1. The summed E-state index contributed by atoms with van der Waals surface area (Å²) in [6, 6.07) is 4.02. The Morgan fingerprint density at radius 2 is 2.00 bits per heavy atom. The van der Waals surface area contributed by atoms with Crippen molar-refractivity contribution in [2.45, 2.75) is 44.2 Å². The molecule has 2 saturated carbocycles. The minimum atomic E-state index is -0.108. The predicted octanol–water partition coefficient (Wildman–Crippen LogP) is 2.68. The molecule has 0 aliphatic heterocycles. The van der Waals surface area contributed by atoms with Gasteiger partial charge in [-0.25, -0.2) is 0 Å². The molecule has 1 amide bonds. The molecule has 3 N–H and O–H groups in total. The normalized spacial score (nSPS) is 34.0. The van der Waals surface area contributed by atoms with Gasteiger partial charge in [0.1, 0.15) is 0 Å². The van der Waals surface area contributed by atoms with Crippen molar-refractivity contribution in [3.05, 3.63) is 22.6 Å². The van der Waals surface area contributed by atoms with E-state index in [1.165, 1.54) is 19.3 Å². The van der Waals surface area contributed by atoms with Crippen LogP contribution in [0.2, 0.25) is 0 Å². The van der Waals surface area contributed by atoms with Crippen LogP contribution in [-0.4, -0.2) is 18.0 Å². The van der Waals surface area contributed by atoms with Crippen molar-refractivity contribution >= 4 is 21.8 Å². The van der Waals surface area contributed by atoms with Crippen LogP contribution in [-0.2, 0) is 0 Å². The fourth-order valence-electron chi connectivity index (χ4n) is 3.68. The van der Waals surface area contributed by atoms with Crippen LogP contribution in [0.5, 0.6) is 0 Å². The Balaban J connectivity index is 1.70. The molecule has 0 radical (unpaired) electrons. The molecule has 0 saturated heterocycles. The van der Waals surface area contributed by atoms with Gasteiger partial charge in [-0.05, 0) is 65.6 Å². The maximum absolute atomic E-state index is 12.2. The van der Waals surface area contributed by atoms with Crippen molar-refractivity contribution in [3.63, 3.8) is 0 Å². The van der Waals surface area contributed by atoms with Gasteiger partial charge in [-0.1, -0.05) is 6.42 Å². The quantitative estimate of drug-likeness (QED) is 0.877. The number of furan rings is 1. The van der Waals surface area contributed by atoms with Crippen LogP contribution >= 0.6 is 15.9 Å². The number of carbonyl (C=O) groups is 1. The molecule has 104 valence electrons. The van der Waals surface area contributed by atoms with Crippen LogP contribution in [0.1, 0.15) is 42.7 Å². The van der Waals surface area contributed by atoms with Gasteiger partial charge >= 0.3 is 0 Å². The van der Waals surface area contributed by atoms with Crippen molar-refractivity contribution in [2.75, 3.05) is 0 Å². The first kappa shape index (κ1) is 13.2. The Hall–Kier alpha value is -0.810. The van der Waals surface area contributed by atoms with Crippen LogP contribution in [0.3, 0.4) is 0 Å². The Bertz CT molecular complexity index is 460. The standard InChI is InChI=1S/C14H19BrN2O2/c15-12-5-4-11(19-12)14(18)17-13-8-2-1-3-9(13)7-10(16)6-8/h4-5,8-10,13H,1-3,6-7,16H2,(H,17,18). The third-order valence-electron chi connectivity index (χ3n) is 4.47. The summed E-state index contributed by atoms with van der Waals surface area (Å²) < 4.78 is 5.90. The van der Waals surface area contributed by atoms with Crippen molar-refractivity contribution in [3.8, 4) is 0 Å². The van der Waals surface area contributed by atoms with Crippen molar-refractivity contribution in [1.29, 1.82) is 0 Å². The lowest BCUT2D eigenvalue weighted by molar-refractivity contribution is 0.0731. The number of rotatable bonds is 2. The van der Waals surface area contributed by atoms with E-state index in [0.29, 0.717) is 28.3 Å². The minimum Gasteiger partial charge on any atom is -0.444 e. The fraction of sp³-hybridized carbons (Fsp3) is 0.643. The van der Waals surface area contributed by atoms with Gasteiger partial charge < -0.3 is 15.5 Å². The van der Waals surface area contributed by atoms with E-state index < -0.39 is 0 Å². The number of halogens is 1. The first-order valence-electron chi connectivity index (χ1n) is 6.95. The number of amides is 1. The van der Waals surface area contributed by atoms with Crippen LogP contribution < -0.4 is 11.1 Å². The van der Waals surface area contributed by atoms with Crippen molar-refractivity contribution in [1.82, 2.24) is 5.32 Å². The van der Waals surface area contributed by atoms with Gasteiger partial charge in [0.05, 0.1) is 0 Å². The molecule has 1 aromatic rings. The van der Waals surface area contributed by atoms with E-state index in [1.807, 2.05) is 0 Å². The zero-order valence-corrected chi connectivity index (χ0v) is 12.4. The maximum Gasteiger partial charge on any atom is 0.287 e. The third kappa shape index (κ3) is 2.72. The SMILES string of the molecule is NC1CC2CCCC(C1)C2NC(=O)c1ccc(Br)o1. The molecule has 0 aromatic carbocycles. The van der Waals surface area contributed by atoms with E-state index in [2.05, 4.69) is 21.2 Å². The first-order chi connectivity index (χ1) is 9.13. The lowest BCUT2D eigenvalue weighted by atomic mass is 9.67. The number of fused-ring (bicyclic) bond motifs is 2. The lowest BCUT2D eigenvalue weighted by Crippen LogP contribution is -2.53. The summed E-state index contributed by atoms with van der Waals surface area (Å²) in [6.07, 6.45) is 5.68. The molecule has 2 fully saturated rings. The highest BCUT2D eigenvalue weighted by Crippen LogP contribution is 2.39. The van der Waals surface area contributed by atoms with E-state index in [4.69, 9.17) is 10.2 Å². The predicted molar refractivity (Wildman–Crippen MR) is 75.7 cm³/mol. The van der Waals surface area contributed by atoms with Crippen LogP contribution in [0.15, 0.2) is 21.2 Å². The Kier molecular flexibility index (Phi) is 3.67. The van der Waals surface area contributed by atoms with E-state index >= 15 is 0 Å². The Labute approximate surface area is 121 Å². The summed E-state index contributed by atoms with van der Waals surface area (Å²) >= 11 is 3.22. The molecule has 2 unspecified atom stereocenters. The van der Waals surface area contributed by atoms with Gasteiger partial charge in [0.2, 0.25) is 0 Å². The molecule has 4 nitrogen and oxygen atoms in total. The monoisotopic (exact) mass is 326 g/mol. The van der Waals surface area contributed by atoms with Crippen molar-refractivity contribution < 1.29 is 9.21 Å². The van der Waals surface area contributed by atoms with Gasteiger partial charge in [-0.15, -0.1) is 0 Å². The molecule has 5 heteroatoms. The lowest BCUT2D eigenvalue weighted by Gasteiger charge is -2.45. The van der Waals surface area contributed by atoms with Gasteiger partial charge in [0.15, 0.2) is 10.4 Å². The highest BCUT2D eigenvalue weighted by atomic mass is 79.9. The number of hydrogen-bond acceptors (Lipinski definition) is 3. The number of carbonyl (C=O) groups excluding carboxylic acids is 1. The molecule has 1 aromatic heterocycles. The minimum absolute atomic E-state index is 0.108. The van der Waals surface area contributed by atoms with Crippen molar-refractivity contribution in [2.24, 2.45) is 17.6 Å². The molecule has 0 spiro atoms. The summed E-state index contributed by atoms with van der Waals surface area (Å²) in [5.41, 5.74) is 6.10. The number of hydrogen-bond donors (Lipinski definition) is 2. The van der Waals surface area contributed by atoms with E-state index in [1.54, 1.807) is 12.1 Å². The van der Waals surface area contributed by atoms with Crippen LogP contribution in [0.25, 0.3) is 0 Å². The zero-order chi connectivity index (χ0) is 13.4. The summed E-state index contributed by atoms with van der Waals surface area (Å²) in [6.45, 7) is 0. The smallest absolute Gasteiger partial charge is 0.287 e. The summed E-state index contributed by atoms with van der Waals surface area (Å²) in [5.74, 6) is 1.33. The van der Waals surface area contributed by atoms with Gasteiger partial charge in [-0.3, -0.25) is 4.79 Å². The highest BCUT2D eigenvalue weighted by Gasteiger charge is 2.40. The largest absolute Gasteiger partial charge is 0.444 e. The second-order valence-corrected chi connectivity index (χ2v) is 6.57. The summed E-state index contributed by atoms with van der Waals surface area (Å²) in [7, 11) is 0. The Morgan fingerprint density at radius 1 is 1.32 bits per heavy atom. The summed E-state index contributed by atoms with van der Waals surface area (Å²) in [4.78, 5) is 12.2. The van der Waals surface area contributed by atoms with E-state index in [0.717, 1.165) is 12.8 Å². The average Bonchev–Trinajstić information content (AvgIpc) is 2.77. The number of nitrogens with two attached hydrogens (primary N) is 1. The van der Waals surface area contributed by atoms with Crippen LogP contribution in [0.4, 0.5) is 0 Å². The average molecular weight is 327 g/mol. The molecule has 1 heterocycles. The Morgan fingerprint density at radius 3 is 2.58 bits per heavy atom. The van der Waals surface area contributed by atoms with E-state index in [9.17, 15) is 4.79 Å². The fourth-order valence-corrected chi connectivity index (χ4v) is 3.99. The topological polar surface area (TPSA) is 68.3 Å².